The number of hydrogen-bond acceptors (Lipinski definition) is 2. The molecule has 0 aliphatic carbocycles. The number of nitrogens with two attached hydrogens (primary N) is 1. The summed E-state index contributed by atoms with van der Waals surface area (Å²) in [7, 11) is 0. The number of pyridine rings is 1. The van der Waals surface area contributed by atoms with Crippen LogP contribution in [0.2, 0.25) is 0 Å². The van der Waals surface area contributed by atoms with E-state index in [2.05, 4.69) is 4.98 Å². The van der Waals surface area contributed by atoms with Crippen molar-refractivity contribution in [1.29, 1.82) is 0 Å². The number of rotatable bonds is 3. The second kappa shape index (κ2) is 4.86. The molecule has 0 amide bonds. The molecule has 0 saturated heterocycles. The molecule has 2 nitrogen and oxygen atoms in total. The molecule has 0 saturated carbocycles. The smallest absolute Gasteiger partial charge is 0.123 e. The Kier molecular flexibility index (Phi) is 3.43. The van der Waals surface area contributed by atoms with Crippen molar-refractivity contribution in [3.8, 4) is 0 Å². The zero-order valence-electron chi connectivity index (χ0n) is 10.7. The lowest BCUT2D eigenvalue weighted by atomic mass is 9.87. The largest absolute Gasteiger partial charge is 0.321 e. The van der Waals surface area contributed by atoms with E-state index in [0.29, 0.717) is 6.42 Å². The van der Waals surface area contributed by atoms with Crippen LogP contribution in [0.3, 0.4) is 0 Å². The van der Waals surface area contributed by atoms with Gasteiger partial charge in [0.15, 0.2) is 0 Å². The van der Waals surface area contributed by atoms with E-state index >= 15 is 0 Å². The predicted molar refractivity (Wildman–Crippen MR) is 70.6 cm³/mol. The van der Waals surface area contributed by atoms with Crippen molar-refractivity contribution in [2.24, 2.45) is 5.73 Å². The summed E-state index contributed by atoms with van der Waals surface area (Å²) in [5, 5.41) is 0. The van der Waals surface area contributed by atoms with Crippen molar-refractivity contribution in [1.82, 2.24) is 4.98 Å². The lowest BCUT2D eigenvalue weighted by molar-refractivity contribution is 0.488. The van der Waals surface area contributed by atoms with Gasteiger partial charge in [0.05, 0.1) is 0 Å². The van der Waals surface area contributed by atoms with Crippen LogP contribution < -0.4 is 5.73 Å². The average Bonchev–Trinajstić information content (AvgIpc) is 2.32. The molecule has 0 radical (unpaired) electrons. The van der Waals surface area contributed by atoms with Gasteiger partial charge in [-0.3, -0.25) is 4.98 Å². The summed E-state index contributed by atoms with van der Waals surface area (Å²) < 4.78 is 12.9. The molecule has 2 rings (SSSR count). The first-order valence-electron chi connectivity index (χ1n) is 5.93. The zero-order chi connectivity index (χ0) is 13.2. The van der Waals surface area contributed by atoms with Crippen LogP contribution in [-0.2, 0) is 12.0 Å². The third kappa shape index (κ3) is 2.93. The second-order valence-corrected chi connectivity index (χ2v) is 4.97. The molecule has 1 aromatic carbocycles. The maximum atomic E-state index is 12.9. The van der Waals surface area contributed by atoms with E-state index in [9.17, 15) is 4.39 Å². The number of hydrogen-bond donors (Lipinski definition) is 1. The summed E-state index contributed by atoms with van der Waals surface area (Å²) in [5.41, 5.74) is 8.94. The summed E-state index contributed by atoms with van der Waals surface area (Å²) in [6.07, 6.45) is 4.24. The van der Waals surface area contributed by atoms with E-state index in [1.807, 2.05) is 19.9 Å². The van der Waals surface area contributed by atoms with Gasteiger partial charge < -0.3 is 5.73 Å². The molecule has 2 aromatic rings. The van der Waals surface area contributed by atoms with E-state index < -0.39 is 5.54 Å². The minimum Gasteiger partial charge on any atom is -0.321 e. The Morgan fingerprint density at radius 1 is 1.22 bits per heavy atom. The van der Waals surface area contributed by atoms with Gasteiger partial charge in [0.25, 0.3) is 0 Å². The number of benzene rings is 1. The quantitative estimate of drug-likeness (QED) is 0.901. The molecule has 0 spiro atoms. The summed E-state index contributed by atoms with van der Waals surface area (Å²) in [6.45, 7) is 3.96. The Morgan fingerprint density at radius 3 is 2.50 bits per heavy atom. The molecule has 0 fully saturated rings. The van der Waals surface area contributed by atoms with Gasteiger partial charge in [0.2, 0.25) is 0 Å². The van der Waals surface area contributed by atoms with Crippen LogP contribution in [0.15, 0.2) is 42.7 Å². The molecule has 1 aromatic heterocycles. The molecule has 1 heterocycles. The van der Waals surface area contributed by atoms with E-state index in [4.69, 9.17) is 5.73 Å². The van der Waals surface area contributed by atoms with Gasteiger partial charge >= 0.3 is 0 Å². The van der Waals surface area contributed by atoms with Gasteiger partial charge in [-0.05, 0) is 49.1 Å². The van der Waals surface area contributed by atoms with Crippen LogP contribution in [-0.4, -0.2) is 4.98 Å². The predicted octanol–water partition coefficient (Wildman–Crippen LogP) is 2.95. The fraction of sp³-hybridized carbons (Fsp3) is 0.267. The standard InChI is InChI=1S/C15H17FN2/c1-11-7-13(10-18-9-11)15(2,17)8-12-3-5-14(16)6-4-12/h3-7,9-10H,8,17H2,1-2H3. The molecular formula is C15H17FN2. The fourth-order valence-electron chi connectivity index (χ4n) is 2.00. The first-order valence-corrected chi connectivity index (χ1v) is 5.93. The maximum Gasteiger partial charge on any atom is 0.123 e. The summed E-state index contributed by atoms with van der Waals surface area (Å²) in [6, 6.07) is 8.49. The lowest BCUT2D eigenvalue weighted by Crippen LogP contribution is -2.35. The first kappa shape index (κ1) is 12.7. The zero-order valence-corrected chi connectivity index (χ0v) is 10.7. The number of halogens is 1. The highest BCUT2D eigenvalue weighted by atomic mass is 19.1. The molecule has 1 unspecified atom stereocenters. The second-order valence-electron chi connectivity index (χ2n) is 4.97. The third-order valence-electron chi connectivity index (χ3n) is 3.02. The number of aryl methyl sites for hydroxylation is 1. The van der Waals surface area contributed by atoms with E-state index in [1.165, 1.54) is 12.1 Å². The first-order chi connectivity index (χ1) is 8.47. The van der Waals surface area contributed by atoms with Crippen molar-refractivity contribution in [3.63, 3.8) is 0 Å². The molecule has 2 N–H and O–H groups in total. The molecule has 0 aliphatic rings. The van der Waals surface area contributed by atoms with Gasteiger partial charge in [0.1, 0.15) is 5.82 Å². The Bertz CT molecular complexity index is 532. The van der Waals surface area contributed by atoms with Crippen LogP contribution in [0.1, 0.15) is 23.6 Å². The van der Waals surface area contributed by atoms with Crippen LogP contribution >= 0.6 is 0 Å². The molecule has 1 atom stereocenters. The lowest BCUT2D eigenvalue weighted by Gasteiger charge is -2.25. The molecule has 3 heteroatoms. The van der Waals surface area contributed by atoms with Crippen LogP contribution in [0, 0.1) is 12.7 Å². The average molecular weight is 244 g/mol. The number of nitrogens with zero attached hydrogens (tertiary/aromatic N) is 1. The molecule has 0 bridgehead atoms. The Labute approximate surface area is 107 Å². The minimum absolute atomic E-state index is 0.227. The highest BCUT2D eigenvalue weighted by Gasteiger charge is 2.22. The summed E-state index contributed by atoms with van der Waals surface area (Å²) >= 11 is 0. The molecule has 0 aliphatic heterocycles. The van der Waals surface area contributed by atoms with Crippen molar-refractivity contribution >= 4 is 0 Å². The molecule has 18 heavy (non-hydrogen) atoms. The van der Waals surface area contributed by atoms with Gasteiger partial charge in [-0.1, -0.05) is 18.2 Å². The Balaban J connectivity index is 2.23. The monoisotopic (exact) mass is 244 g/mol. The Hall–Kier alpha value is -1.74. The van der Waals surface area contributed by atoms with E-state index in [0.717, 1.165) is 16.7 Å². The van der Waals surface area contributed by atoms with Gasteiger partial charge in [-0.25, -0.2) is 4.39 Å². The third-order valence-corrected chi connectivity index (χ3v) is 3.02. The van der Waals surface area contributed by atoms with Crippen LogP contribution in [0.25, 0.3) is 0 Å². The number of aromatic nitrogens is 1. The topological polar surface area (TPSA) is 38.9 Å². The van der Waals surface area contributed by atoms with Crippen molar-refractivity contribution in [2.75, 3.05) is 0 Å². The van der Waals surface area contributed by atoms with Gasteiger partial charge in [-0.15, -0.1) is 0 Å². The van der Waals surface area contributed by atoms with Crippen molar-refractivity contribution in [2.45, 2.75) is 25.8 Å². The van der Waals surface area contributed by atoms with Gasteiger partial charge in [0, 0.05) is 17.9 Å². The normalized spacial score (nSPS) is 14.2. The highest BCUT2D eigenvalue weighted by Crippen LogP contribution is 2.22. The molecule has 94 valence electrons. The van der Waals surface area contributed by atoms with E-state index in [-0.39, 0.29) is 5.82 Å². The fourth-order valence-corrected chi connectivity index (χ4v) is 2.00. The van der Waals surface area contributed by atoms with Crippen LogP contribution in [0.5, 0.6) is 0 Å². The van der Waals surface area contributed by atoms with Crippen LogP contribution in [0.4, 0.5) is 4.39 Å². The highest BCUT2D eigenvalue weighted by molar-refractivity contribution is 5.28. The van der Waals surface area contributed by atoms with Gasteiger partial charge in [-0.2, -0.15) is 0 Å². The van der Waals surface area contributed by atoms with E-state index in [1.54, 1.807) is 24.5 Å². The Morgan fingerprint density at radius 2 is 1.89 bits per heavy atom. The molecular weight excluding hydrogens is 227 g/mol. The maximum absolute atomic E-state index is 12.9. The summed E-state index contributed by atoms with van der Waals surface area (Å²) in [4.78, 5) is 4.17. The summed E-state index contributed by atoms with van der Waals surface area (Å²) in [5.74, 6) is -0.227. The van der Waals surface area contributed by atoms with Crippen molar-refractivity contribution < 1.29 is 4.39 Å². The SMILES string of the molecule is Cc1cncc(C(C)(N)Cc2ccc(F)cc2)c1. The van der Waals surface area contributed by atoms with Crippen molar-refractivity contribution in [3.05, 3.63) is 65.2 Å². The minimum atomic E-state index is -0.503.